The van der Waals surface area contributed by atoms with Gasteiger partial charge in [0, 0.05) is 24.6 Å². The van der Waals surface area contributed by atoms with Gasteiger partial charge < -0.3 is 24.1 Å². The number of likely N-dealkylation sites (tertiary alicyclic amines) is 1. The molecule has 0 spiro atoms. The summed E-state index contributed by atoms with van der Waals surface area (Å²) >= 11 is 0. The molecule has 2 fully saturated rings. The second kappa shape index (κ2) is 12.9. The lowest BCUT2D eigenvalue weighted by Crippen LogP contribution is -2.40. The van der Waals surface area contributed by atoms with Crippen molar-refractivity contribution < 1.29 is 23.5 Å². The molecule has 1 aliphatic heterocycles. The SMILES string of the molecule is COc1ccc(-c2noc(CN3CCC(C(=O)NCCCOC4CCCCC4)CC3)n2)cc1OC. The van der Waals surface area contributed by atoms with E-state index in [4.69, 9.17) is 18.7 Å². The van der Waals surface area contributed by atoms with Gasteiger partial charge in [-0.15, -0.1) is 0 Å². The van der Waals surface area contributed by atoms with Crippen LogP contribution >= 0.6 is 0 Å². The van der Waals surface area contributed by atoms with Crippen LogP contribution in [0.4, 0.5) is 0 Å². The highest BCUT2D eigenvalue weighted by molar-refractivity contribution is 5.78. The van der Waals surface area contributed by atoms with Crippen molar-refractivity contribution in [2.24, 2.45) is 5.92 Å². The van der Waals surface area contributed by atoms with Crippen molar-refractivity contribution in [3.63, 3.8) is 0 Å². The molecule has 0 bridgehead atoms. The van der Waals surface area contributed by atoms with Gasteiger partial charge in [-0.1, -0.05) is 24.4 Å². The molecule has 9 nitrogen and oxygen atoms in total. The molecule has 0 atom stereocenters. The van der Waals surface area contributed by atoms with Crippen molar-refractivity contribution in [2.75, 3.05) is 40.5 Å². The molecule has 0 radical (unpaired) electrons. The second-order valence-corrected chi connectivity index (χ2v) is 9.41. The number of hydrogen-bond donors (Lipinski definition) is 1. The lowest BCUT2D eigenvalue weighted by Gasteiger charge is -2.30. The smallest absolute Gasteiger partial charge is 0.241 e. The van der Waals surface area contributed by atoms with Gasteiger partial charge in [0.1, 0.15) is 0 Å². The van der Waals surface area contributed by atoms with E-state index in [0.29, 0.717) is 42.4 Å². The van der Waals surface area contributed by atoms with Crippen LogP contribution in [-0.2, 0) is 16.1 Å². The molecule has 1 saturated carbocycles. The minimum Gasteiger partial charge on any atom is -0.493 e. The van der Waals surface area contributed by atoms with Crippen LogP contribution < -0.4 is 14.8 Å². The van der Waals surface area contributed by atoms with Gasteiger partial charge in [-0.25, -0.2) is 0 Å². The number of nitrogens with zero attached hydrogens (tertiary/aromatic N) is 3. The molecule has 1 amide bonds. The molecule has 0 unspecified atom stereocenters. The molecule has 2 aliphatic rings. The number of amides is 1. The van der Waals surface area contributed by atoms with Gasteiger partial charge in [0.25, 0.3) is 0 Å². The molecule has 1 aromatic heterocycles. The first kappa shape index (κ1) is 25.4. The average molecular weight is 487 g/mol. The molecule has 35 heavy (non-hydrogen) atoms. The standard InChI is InChI=1S/C26H38N4O5/c1-32-22-10-9-20(17-23(22)33-2)25-28-24(35-29-25)18-30-14-11-19(12-15-30)26(31)27-13-6-16-34-21-7-4-3-5-8-21/h9-10,17,19,21H,3-8,11-16,18H2,1-2H3,(H,27,31). The maximum Gasteiger partial charge on any atom is 0.241 e. The third kappa shape index (κ3) is 7.18. The van der Waals surface area contributed by atoms with Gasteiger partial charge in [-0.05, 0) is 63.4 Å². The number of rotatable bonds is 11. The van der Waals surface area contributed by atoms with Crippen LogP contribution in [0.15, 0.2) is 22.7 Å². The highest BCUT2D eigenvalue weighted by Gasteiger charge is 2.26. The second-order valence-electron chi connectivity index (χ2n) is 9.41. The zero-order valence-electron chi connectivity index (χ0n) is 21.0. The van der Waals surface area contributed by atoms with Crippen molar-refractivity contribution in [3.8, 4) is 22.9 Å². The summed E-state index contributed by atoms with van der Waals surface area (Å²) in [5, 5.41) is 7.22. The van der Waals surface area contributed by atoms with E-state index in [1.165, 1.54) is 32.1 Å². The van der Waals surface area contributed by atoms with E-state index in [9.17, 15) is 4.79 Å². The van der Waals surface area contributed by atoms with E-state index in [1.807, 2.05) is 18.2 Å². The molecular formula is C26H38N4O5. The Morgan fingerprint density at radius 3 is 2.60 bits per heavy atom. The first-order valence-corrected chi connectivity index (χ1v) is 12.8. The number of aromatic nitrogens is 2. The van der Waals surface area contributed by atoms with Crippen molar-refractivity contribution in [2.45, 2.75) is 64.0 Å². The molecular weight excluding hydrogens is 448 g/mol. The van der Waals surface area contributed by atoms with Crippen molar-refractivity contribution in [1.29, 1.82) is 0 Å². The minimum absolute atomic E-state index is 0.0653. The van der Waals surface area contributed by atoms with Crippen LogP contribution in [0.1, 0.15) is 57.3 Å². The molecule has 1 aliphatic carbocycles. The molecule has 192 valence electrons. The Hall–Kier alpha value is -2.65. The van der Waals surface area contributed by atoms with E-state index in [0.717, 1.165) is 44.5 Å². The van der Waals surface area contributed by atoms with Gasteiger partial charge in [0.2, 0.25) is 17.6 Å². The van der Waals surface area contributed by atoms with Crippen LogP contribution in [0.25, 0.3) is 11.4 Å². The van der Waals surface area contributed by atoms with E-state index in [-0.39, 0.29) is 11.8 Å². The summed E-state index contributed by atoms with van der Waals surface area (Å²) < 4.78 is 22.1. The molecule has 1 N–H and O–H groups in total. The molecule has 1 aromatic carbocycles. The van der Waals surface area contributed by atoms with Crippen LogP contribution in [0.3, 0.4) is 0 Å². The Balaban J connectivity index is 1.16. The van der Waals surface area contributed by atoms with Gasteiger partial charge in [-0.2, -0.15) is 4.98 Å². The summed E-state index contributed by atoms with van der Waals surface area (Å²) in [6.07, 6.45) is 9.25. The number of ether oxygens (including phenoxy) is 3. The maximum atomic E-state index is 12.6. The lowest BCUT2D eigenvalue weighted by atomic mass is 9.96. The first-order valence-electron chi connectivity index (χ1n) is 12.8. The normalized spacial score (nSPS) is 17.9. The summed E-state index contributed by atoms with van der Waals surface area (Å²) in [5.74, 6) is 2.58. The number of nitrogens with one attached hydrogen (secondary N) is 1. The van der Waals surface area contributed by atoms with E-state index in [2.05, 4.69) is 20.4 Å². The largest absolute Gasteiger partial charge is 0.493 e. The monoisotopic (exact) mass is 486 g/mol. The number of carbonyl (C=O) groups excluding carboxylic acids is 1. The Labute approximate surface area is 207 Å². The minimum atomic E-state index is 0.0653. The maximum absolute atomic E-state index is 12.6. The summed E-state index contributed by atoms with van der Waals surface area (Å²) in [6.45, 7) is 3.66. The summed E-state index contributed by atoms with van der Waals surface area (Å²) in [7, 11) is 3.20. The van der Waals surface area contributed by atoms with Gasteiger partial charge in [-0.3, -0.25) is 9.69 Å². The Morgan fingerprint density at radius 1 is 1.09 bits per heavy atom. The van der Waals surface area contributed by atoms with Gasteiger partial charge in [0.05, 0.1) is 26.9 Å². The molecule has 9 heteroatoms. The quantitative estimate of drug-likeness (QED) is 0.479. The Kier molecular flexibility index (Phi) is 9.36. The molecule has 1 saturated heterocycles. The number of benzene rings is 1. The van der Waals surface area contributed by atoms with Crippen LogP contribution in [0, 0.1) is 5.92 Å². The predicted octanol–water partition coefficient (Wildman–Crippen LogP) is 3.82. The van der Waals surface area contributed by atoms with Gasteiger partial charge in [0.15, 0.2) is 11.5 Å². The zero-order valence-corrected chi connectivity index (χ0v) is 21.0. The van der Waals surface area contributed by atoms with E-state index in [1.54, 1.807) is 14.2 Å². The molecule has 2 aromatic rings. The summed E-state index contributed by atoms with van der Waals surface area (Å²) in [6, 6.07) is 5.53. The van der Waals surface area contributed by atoms with E-state index >= 15 is 0 Å². The van der Waals surface area contributed by atoms with E-state index < -0.39 is 0 Å². The number of methoxy groups -OCH3 is 2. The summed E-state index contributed by atoms with van der Waals surface area (Å²) in [4.78, 5) is 19.4. The number of carbonyl (C=O) groups is 1. The van der Waals surface area contributed by atoms with Crippen LogP contribution in [0.2, 0.25) is 0 Å². The van der Waals surface area contributed by atoms with Crippen molar-refractivity contribution in [3.05, 3.63) is 24.1 Å². The fourth-order valence-corrected chi connectivity index (χ4v) is 4.87. The molecule has 4 rings (SSSR count). The highest BCUT2D eigenvalue weighted by Crippen LogP contribution is 2.31. The third-order valence-corrected chi connectivity index (χ3v) is 6.95. The average Bonchev–Trinajstić information content (AvgIpc) is 3.37. The number of hydrogen-bond acceptors (Lipinski definition) is 8. The summed E-state index contributed by atoms with van der Waals surface area (Å²) in [5.41, 5.74) is 0.803. The number of piperidine rings is 1. The Bertz CT molecular complexity index is 936. The predicted molar refractivity (Wildman–Crippen MR) is 131 cm³/mol. The van der Waals surface area contributed by atoms with Crippen molar-refractivity contribution in [1.82, 2.24) is 20.4 Å². The van der Waals surface area contributed by atoms with Crippen LogP contribution in [-0.4, -0.2) is 67.5 Å². The molecule has 2 heterocycles. The fourth-order valence-electron chi connectivity index (χ4n) is 4.87. The Morgan fingerprint density at radius 2 is 1.86 bits per heavy atom. The lowest BCUT2D eigenvalue weighted by molar-refractivity contribution is -0.126. The van der Waals surface area contributed by atoms with Crippen molar-refractivity contribution >= 4 is 5.91 Å². The van der Waals surface area contributed by atoms with Gasteiger partial charge >= 0.3 is 0 Å². The highest BCUT2D eigenvalue weighted by atomic mass is 16.5. The fraction of sp³-hybridized carbons (Fsp3) is 0.654. The third-order valence-electron chi connectivity index (χ3n) is 6.95. The topological polar surface area (TPSA) is 99.0 Å². The zero-order chi connectivity index (χ0) is 24.5. The first-order chi connectivity index (χ1) is 17.2. The van der Waals surface area contributed by atoms with Crippen LogP contribution in [0.5, 0.6) is 11.5 Å².